The van der Waals surface area contributed by atoms with Crippen molar-refractivity contribution in [3.05, 3.63) is 24.2 Å². The van der Waals surface area contributed by atoms with Crippen LogP contribution in [-0.2, 0) is 16.1 Å². The van der Waals surface area contributed by atoms with Crippen molar-refractivity contribution in [3.8, 4) is 0 Å². The van der Waals surface area contributed by atoms with Crippen LogP contribution < -0.4 is 10.6 Å². The molecule has 21 heavy (non-hydrogen) atoms. The van der Waals surface area contributed by atoms with E-state index in [0.29, 0.717) is 25.1 Å². The molecule has 114 valence electrons. The van der Waals surface area contributed by atoms with Gasteiger partial charge in [0.05, 0.1) is 19.4 Å². The standard InChI is InChI=1S/C13H17N3O5/c17-11(16-5-1-4-10(16)12(18)19)8-15-13(20)14-7-9-3-2-6-21-9/h2-3,6,10H,1,4-5,7-8H2,(H,18,19)(H2,14,15,20). The van der Waals surface area contributed by atoms with E-state index in [1.807, 2.05) is 0 Å². The maximum atomic E-state index is 11.9. The first-order valence-electron chi connectivity index (χ1n) is 6.64. The number of nitrogens with zero attached hydrogens (tertiary/aromatic N) is 1. The number of likely N-dealkylation sites (tertiary alicyclic amines) is 1. The van der Waals surface area contributed by atoms with Gasteiger partial charge in [-0.05, 0) is 25.0 Å². The summed E-state index contributed by atoms with van der Waals surface area (Å²) >= 11 is 0. The summed E-state index contributed by atoms with van der Waals surface area (Å²) < 4.78 is 5.05. The number of furan rings is 1. The number of amides is 3. The minimum absolute atomic E-state index is 0.217. The second-order valence-electron chi connectivity index (χ2n) is 4.70. The molecule has 1 saturated heterocycles. The molecule has 1 atom stereocenters. The average Bonchev–Trinajstić information content (AvgIpc) is 3.12. The molecule has 1 aromatic rings. The van der Waals surface area contributed by atoms with Crippen LogP contribution in [0.3, 0.4) is 0 Å². The second kappa shape index (κ2) is 6.78. The zero-order chi connectivity index (χ0) is 15.2. The van der Waals surface area contributed by atoms with Crippen molar-refractivity contribution in [2.24, 2.45) is 0 Å². The molecule has 3 N–H and O–H groups in total. The van der Waals surface area contributed by atoms with Gasteiger partial charge >= 0.3 is 12.0 Å². The van der Waals surface area contributed by atoms with E-state index in [0.717, 1.165) is 0 Å². The van der Waals surface area contributed by atoms with E-state index in [9.17, 15) is 14.4 Å². The zero-order valence-electron chi connectivity index (χ0n) is 11.4. The molecule has 1 aliphatic heterocycles. The van der Waals surface area contributed by atoms with Gasteiger partial charge in [-0.3, -0.25) is 4.79 Å². The zero-order valence-corrected chi connectivity index (χ0v) is 11.4. The molecule has 0 aliphatic carbocycles. The molecule has 0 bridgehead atoms. The van der Waals surface area contributed by atoms with Crippen LogP contribution >= 0.6 is 0 Å². The maximum absolute atomic E-state index is 11.9. The van der Waals surface area contributed by atoms with Crippen molar-refractivity contribution >= 4 is 17.9 Å². The maximum Gasteiger partial charge on any atom is 0.326 e. The van der Waals surface area contributed by atoms with Crippen molar-refractivity contribution in [2.75, 3.05) is 13.1 Å². The van der Waals surface area contributed by atoms with Crippen LogP contribution in [0.1, 0.15) is 18.6 Å². The van der Waals surface area contributed by atoms with Crippen LogP contribution in [-0.4, -0.2) is 47.0 Å². The van der Waals surface area contributed by atoms with Crippen LogP contribution in [0.4, 0.5) is 4.79 Å². The highest BCUT2D eigenvalue weighted by atomic mass is 16.4. The van der Waals surface area contributed by atoms with Crippen molar-refractivity contribution < 1.29 is 23.9 Å². The van der Waals surface area contributed by atoms with Gasteiger partial charge in [-0.15, -0.1) is 0 Å². The van der Waals surface area contributed by atoms with Gasteiger partial charge in [0.25, 0.3) is 0 Å². The summed E-state index contributed by atoms with van der Waals surface area (Å²) in [5.41, 5.74) is 0. The first kappa shape index (κ1) is 14.9. The first-order chi connectivity index (χ1) is 10.1. The summed E-state index contributed by atoms with van der Waals surface area (Å²) in [6.45, 7) is 0.397. The lowest BCUT2D eigenvalue weighted by molar-refractivity contribution is -0.147. The highest BCUT2D eigenvalue weighted by Crippen LogP contribution is 2.17. The minimum atomic E-state index is -1.01. The van der Waals surface area contributed by atoms with E-state index in [4.69, 9.17) is 9.52 Å². The lowest BCUT2D eigenvalue weighted by Crippen LogP contribution is -2.47. The number of nitrogens with one attached hydrogen (secondary N) is 2. The number of carboxylic acids is 1. The molecule has 8 heteroatoms. The second-order valence-corrected chi connectivity index (χ2v) is 4.70. The molecule has 0 aromatic carbocycles. The summed E-state index contributed by atoms with van der Waals surface area (Å²) in [5, 5.41) is 13.9. The van der Waals surface area contributed by atoms with Crippen LogP contribution in [0.2, 0.25) is 0 Å². The fraction of sp³-hybridized carbons (Fsp3) is 0.462. The van der Waals surface area contributed by atoms with Gasteiger partial charge in [-0.1, -0.05) is 0 Å². The number of carboxylic acid groups (broad SMARTS) is 1. The lowest BCUT2D eigenvalue weighted by Gasteiger charge is -2.21. The number of rotatable bonds is 5. The van der Waals surface area contributed by atoms with Gasteiger partial charge in [0.2, 0.25) is 5.91 Å². The Morgan fingerprint density at radius 3 is 2.86 bits per heavy atom. The number of urea groups is 1. The number of carbonyl (C=O) groups is 3. The van der Waals surface area contributed by atoms with Crippen LogP contribution in [0, 0.1) is 0 Å². The summed E-state index contributed by atoms with van der Waals surface area (Å²) in [6, 6.07) is 2.13. The Balaban J connectivity index is 1.73. The van der Waals surface area contributed by atoms with E-state index < -0.39 is 23.9 Å². The molecular weight excluding hydrogens is 278 g/mol. The molecular formula is C13H17N3O5. The Hall–Kier alpha value is -2.51. The molecule has 0 saturated carbocycles. The summed E-state index contributed by atoms with van der Waals surface area (Å²) in [7, 11) is 0. The van der Waals surface area contributed by atoms with Crippen molar-refractivity contribution in [2.45, 2.75) is 25.4 Å². The molecule has 0 radical (unpaired) electrons. The third-order valence-corrected chi connectivity index (χ3v) is 3.26. The third-order valence-electron chi connectivity index (χ3n) is 3.26. The fourth-order valence-corrected chi connectivity index (χ4v) is 2.22. The number of hydrogen-bond donors (Lipinski definition) is 3. The van der Waals surface area contributed by atoms with Crippen molar-refractivity contribution in [3.63, 3.8) is 0 Å². The van der Waals surface area contributed by atoms with Gasteiger partial charge < -0.3 is 25.1 Å². The molecule has 1 aromatic heterocycles. The van der Waals surface area contributed by atoms with Gasteiger partial charge in [0.15, 0.2) is 0 Å². The molecule has 2 rings (SSSR count). The summed E-state index contributed by atoms with van der Waals surface area (Å²) in [5.74, 6) is -0.807. The quantitative estimate of drug-likeness (QED) is 0.716. The number of hydrogen-bond acceptors (Lipinski definition) is 4. The largest absolute Gasteiger partial charge is 0.480 e. The van der Waals surface area contributed by atoms with Gasteiger partial charge in [0.1, 0.15) is 11.8 Å². The molecule has 1 unspecified atom stereocenters. The molecule has 2 heterocycles. The molecule has 1 fully saturated rings. The smallest absolute Gasteiger partial charge is 0.326 e. The Labute approximate surface area is 121 Å². The first-order valence-corrected chi connectivity index (χ1v) is 6.64. The van der Waals surface area contributed by atoms with E-state index in [-0.39, 0.29) is 13.1 Å². The Morgan fingerprint density at radius 2 is 2.19 bits per heavy atom. The average molecular weight is 295 g/mol. The van der Waals surface area contributed by atoms with E-state index in [1.165, 1.54) is 11.2 Å². The van der Waals surface area contributed by atoms with Crippen LogP contribution in [0.15, 0.2) is 22.8 Å². The topological polar surface area (TPSA) is 112 Å². The summed E-state index contributed by atoms with van der Waals surface area (Å²) in [4.78, 5) is 35.7. The highest BCUT2D eigenvalue weighted by molar-refractivity contribution is 5.88. The molecule has 3 amide bonds. The third kappa shape index (κ3) is 3.98. The number of aliphatic carboxylic acids is 1. The fourth-order valence-electron chi connectivity index (χ4n) is 2.22. The lowest BCUT2D eigenvalue weighted by atomic mass is 10.2. The van der Waals surface area contributed by atoms with Gasteiger partial charge in [0, 0.05) is 6.54 Å². The minimum Gasteiger partial charge on any atom is -0.480 e. The monoisotopic (exact) mass is 295 g/mol. The Bertz CT molecular complexity index is 514. The predicted octanol–water partition coefficient (Wildman–Crippen LogP) is 0.154. The van der Waals surface area contributed by atoms with Crippen molar-refractivity contribution in [1.82, 2.24) is 15.5 Å². The van der Waals surface area contributed by atoms with Crippen LogP contribution in [0.5, 0.6) is 0 Å². The van der Waals surface area contributed by atoms with Gasteiger partial charge in [-0.25, -0.2) is 9.59 Å². The predicted molar refractivity (Wildman–Crippen MR) is 71.3 cm³/mol. The van der Waals surface area contributed by atoms with Gasteiger partial charge in [-0.2, -0.15) is 0 Å². The van der Waals surface area contributed by atoms with E-state index in [2.05, 4.69) is 10.6 Å². The number of carbonyl (C=O) groups excluding carboxylic acids is 2. The SMILES string of the molecule is O=C(NCC(=O)N1CCCC1C(=O)O)NCc1ccco1. The summed E-state index contributed by atoms with van der Waals surface area (Å²) in [6.07, 6.45) is 2.61. The van der Waals surface area contributed by atoms with Crippen LogP contribution in [0.25, 0.3) is 0 Å². The highest BCUT2D eigenvalue weighted by Gasteiger charge is 2.33. The molecule has 0 spiro atoms. The normalized spacial score (nSPS) is 17.5. The Kier molecular flexibility index (Phi) is 4.81. The molecule has 1 aliphatic rings. The van der Waals surface area contributed by atoms with Crippen molar-refractivity contribution in [1.29, 1.82) is 0 Å². The van der Waals surface area contributed by atoms with E-state index >= 15 is 0 Å². The molecule has 8 nitrogen and oxygen atoms in total. The van der Waals surface area contributed by atoms with E-state index in [1.54, 1.807) is 12.1 Å². The Morgan fingerprint density at radius 1 is 1.38 bits per heavy atom.